The Labute approximate surface area is 157 Å². The number of amides is 2. The third-order valence-electron chi connectivity index (χ3n) is 3.65. The molecule has 0 aliphatic heterocycles. The summed E-state index contributed by atoms with van der Waals surface area (Å²) in [5, 5.41) is 5.32. The first-order valence-electron chi connectivity index (χ1n) is 8.43. The average molecular weight is 361 g/mol. The Morgan fingerprint density at radius 3 is 2.33 bits per heavy atom. The zero-order valence-corrected chi connectivity index (χ0v) is 14.8. The second kappa shape index (κ2) is 8.62. The van der Waals surface area contributed by atoms with Gasteiger partial charge in [-0.3, -0.25) is 9.59 Å². The van der Waals surface area contributed by atoms with E-state index in [0.717, 1.165) is 5.56 Å². The molecule has 2 aromatic carbocycles. The summed E-state index contributed by atoms with van der Waals surface area (Å²) in [5.41, 5.74) is 1.92. The van der Waals surface area contributed by atoms with Crippen LogP contribution in [0.15, 0.2) is 72.8 Å². The van der Waals surface area contributed by atoms with Crippen molar-refractivity contribution in [2.45, 2.75) is 13.5 Å². The molecule has 1 heterocycles. The van der Waals surface area contributed by atoms with E-state index in [9.17, 15) is 9.59 Å². The number of hydrogen-bond acceptors (Lipinski definition) is 4. The number of nitrogens with one attached hydrogen (secondary N) is 2. The van der Waals surface area contributed by atoms with Crippen molar-refractivity contribution in [3.8, 4) is 5.75 Å². The molecule has 3 aromatic rings. The Bertz CT molecular complexity index is 925. The number of benzene rings is 2. The van der Waals surface area contributed by atoms with Crippen molar-refractivity contribution in [3.63, 3.8) is 0 Å². The molecule has 0 fully saturated rings. The lowest BCUT2D eigenvalue weighted by molar-refractivity contribution is -0.114. The minimum atomic E-state index is -0.361. The summed E-state index contributed by atoms with van der Waals surface area (Å²) in [5.74, 6) is 0.439. The van der Waals surface area contributed by atoms with Gasteiger partial charge in [-0.2, -0.15) is 0 Å². The third kappa shape index (κ3) is 5.40. The van der Waals surface area contributed by atoms with Gasteiger partial charge in [0.15, 0.2) is 0 Å². The van der Waals surface area contributed by atoms with Crippen LogP contribution >= 0.6 is 0 Å². The number of anilines is 2. The average Bonchev–Trinajstić information content (AvgIpc) is 2.68. The van der Waals surface area contributed by atoms with E-state index in [4.69, 9.17) is 4.74 Å². The number of carbonyl (C=O) groups is 2. The van der Waals surface area contributed by atoms with Crippen molar-refractivity contribution >= 4 is 23.3 Å². The molecule has 0 aliphatic rings. The van der Waals surface area contributed by atoms with E-state index in [1.165, 1.54) is 6.92 Å². The zero-order valence-electron chi connectivity index (χ0n) is 14.8. The lowest BCUT2D eigenvalue weighted by Crippen LogP contribution is -2.15. The van der Waals surface area contributed by atoms with Crippen LogP contribution in [0.2, 0.25) is 0 Å². The Balaban J connectivity index is 1.59. The molecule has 1 aromatic heterocycles. The summed E-state index contributed by atoms with van der Waals surface area (Å²) in [7, 11) is 0. The Morgan fingerprint density at radius 1 is 0.889 bits per heavy atom. The minimum absolute atomic E-state index is 0.214. The molecule has 6 nitrogen and oxygen atoms in total. The number of pyridine rings is 1. The predicted molar refractivity (Wildman–Crippen MR) is 104 cm³/mol. The van der Waals surface area contributed by atoms with Crippen LogP contribution in [-0.2, 0) is 11.4 Å². The van der Waals surface area contributed by atoms with Crippen molar-refractivity contribution < 1.29 is 14.3 Å². The normalized spacial score (nSPS) is 10.1. The maximum atomic E-state index is 12.3. The molecule has 0 unspecified atom stereocenters. The van der Waals surface area contributed by atoms with Gasteiger partial charge in [-0.15, -0.1) is 0 Å². The fraction of sp³-hybridized carbons (Fsp3) is 0.0952. The Morgan fingerprint density at radius 2 is 1.63 bits per heavy atom. The second-order valence-electron chi connectivity index (χ2n) is 5.84. The van der Waals surface area contributed by atoms with Crippen LogP contribution in [0.5, 0.6) is 5.75 Å². The molecular weight excluding hydrogens is 342 g/mol. The maximum absolute atomic E-state index is 12.3. The van der Waals surface area contributed by atoms with Crippen LogP contribution in [0.3, 0.4) is 0 Å². The summed E-state index contributed by atoms with van der Waals surface area (Å²) in [4.78, 5) is 27.5. The SMILES string of the molecule is CC(=O)Nc1cccc(C(=O)Nc2ccc(OCc3ccccc3)cc2)n1. The lowest BCUT2D eigenvalue weighted by atomic mass is 10.2. The minimum Gasteiger partial charge on any atom is -0.489 e. The summed E-state index contributed by atoms with van der Waals surface area (Å²) in [6.07, 6.45) is 0. The molecule has 27 heavy (non-hydrogen) atoms. The Hall–Kier alpha value is -3.67. The smallest absolute Gasteiger partial charge is 0.274 e. The van der Waals surface area contributed by atoms with Crippen LogP contribution < -0.4 is 15.4 Å². The number of rotatable bonds is 6. The molecular formula is C21H19N3O3. The first-order valence-corrected chi connectivity index (χ1v) is 8.43. The summed E-state index contributed by atoms with van der Waals surface area (Å²) in [6.45, 7) is 1.86. The van der Waals surface area contributed by atoms with E-state index in [-0.39, 0.29) is 17.5 Å². The van der Waals surface area contributed by atoms with Crippen LogP contribution in [0.1, 0.15) is 23.0 Å². The molecule has 6 heteroatoms. The Kier molecular flexibility index (Phi) is 5.79. The molecule has 0 saturated carbocycles. The lowest BCUT2D eigenvalue weighted by Gasteiger charge is -2.09. The zero-order chi connectivity index (χ0) is 19.1. The monoisotopic (exact) mass is 361 g/mol. The number of ether oxygens (including phenoxy) is 1. The summed E-state index contributed by atoms with van der Waals surface area (Å²) < 4.78 is 5.72. The van der Waals surface area contributed by atoms with Gasteiger partial charge in [-0.1, -0.05) is 36.4 Å². The highest BCUT2D eigenvalue weighted by atomic mass is 16.5. The van der Waals surface area contributed by atoms with Gasteiger partial charge in [-0.05, 0) is 42.0 Å². The van der Waals surface area contributed by atoms with E-state index in [2.05, 4.69) is 15.6 Å². The molecule has 2 N–H and O–H groups in total. The highest BCUT2D eigenvalue weighted by molar-refractivity contribution is 6.03. The second-order valence-corrected chi connectivity index (χ2v) is 5.84. The predicted octanol–water partition coefficient (Wildman–Crippen LogP) is 3.87. The largest absolute Gasteiger partial charge is 0.489 e. The van der Waals surface area contributed by atoms with Gasteiger partial charge in [0.1, 0.15) is 23.9 Å². The van der Waals surface area contributed by atoms with Gasteiger partial charge in [0.2, 0.25) is 5.91 Å². The van der Waals surface area contributed by atoms with Gasteiger partial charge in [-0.25, -0.2) is 4.98 Å². The standard InChI is InChI=1S/C21H19N3O3/c1-15(25)22-20-9-5-8-19(24-20)21(26)23-17-10-12-18(13-11-17)27-14-16-6-3-2-4-7-16/h2-13H,14H2,1H3,(H,23,26)(H,22,24,25). The van der Waals surface area contributed by atoms with Gasteiger partial charge in [0.05, 0.1) is 0 Å². The van der Waals surface area contributed by atoms with E-state index in [1.54, 1.807) is 42.5 Å². The molecule has 136 valence electrons. The molecule has 3 rings (SSSR count). The molecule has 0 atom stereocenters. The van der Waals surface area contributed by atoms with Crippen LogP contribution in [0, 0.1) is 0 Å². The van der Waals surface area contributed by atoms with Gasteiger partial charge >= 0.3 is 0 Å². The summed E-state index contributed by atoms with van der Waals surface area (Å²) >= 11 is 0. The van der Waals surface area contributed by atoms with E-state index in [1.807, 2.05) is 30.3 Å². The van der Waals surface area contributed by atoms with Crippen molar-refractivity contribution in [1.82, 2.24) is 4.98 Å². The fourth-order valence-corrected chi connectivity index (χ4v) is 2.38. The van der Waals surface area contributed by atoms with Crippen molar-refractivity contribution in [2.75, 3.05) is 10.6 Å². The maximum Gasteiger partial charge on any atom is 0.274 e. The van der Waals surface area contributed by atoms with Gasteiger partial charge in [0.25, 0.3) is 5.91 Å². The van der Waals surface area contributed by atoms with E-state index < -0.39 is 0 Å². The number of carbonyl (C=O) groups excluding carboxylic acids is 2. The highest BCUT2D eigenvalue weighted by Crippen LogP contribution is 2.18. The number of hydrogen-bond donors (Lipinski definition) is 2. The van der Waals surface area contributed by atoms with Crippen LogP contribution in [-0.4, -0.2) is 16.8 Å². The molecule has 0 saturated heterocycles. The van der Waals surface area contributed by atoms with E-state index >= 15 is 0 Å². The van der Waals surface area contributed by atoms with E-state index in [0.29, 0.717) is 23.9 Å². The van der Waals surface area contributed by atoms with Crippen molar-refractivity contribution in [1.29, 1.82) is 0 Å². The molecule has 0 bridgehead atoms. The van der Waals surface area contributed by atoms with Crippen LogP contribution in [0.4, 0.5) is 11.5 Å². The van der Waals surface area contributed by atoms with Gasteiger partial charge in [0, 0.05) is 12.6 Å². The molecule has 2 amide bonds. The highest BCUT2D eigenvalue weighted by Gasteiger charge is 2.09. The number of nitrogens with zero attached hydrogens (tertiary/aromatic N) is 1. The molecule has 0 radical (unpaired) electrons. The third-order valence-corrected chi connectivity index (χ3v) is 3.65. The number of aromatic nitrogens is 1. The first-order chi connectivity index (χ1) is 13.1. The van der Waals surface area contributed by atoms with Gasteiger partial charge < -0.3 is 15.4 Å². The summed E-state index contributed by atoms with van der Waals surface area (Å²) in [6, 6.07) is 21.8. The molecule has 0 spiro atoms. The molecule has 0 aliphatic carbocycles. The van der Waals surface area contributed by atoms with Crippen LogP contribution in [0.25, 0.3) is 0 Å². The van der Waals surface area contributed by atoms with Crippen molar-refractivity contribution in [2.24, 2.45) is 0 Å². The quantitative estimate of drug-likeness (QED) is 0.698. The van der Waals surface area contributed by atoms with Crippen molar-refractivity contribution in [3.05, 3.63) is 84.1 Å². The first kappa shape index (κ1) is 18.1. The topological polar surface area (TPSA) is 80.3 Å². The fourth-order valence-electron chi connectivity index (χ4n) is 2.38.